The van der Waals surface area contributed by atoms with Crippen molar-refractivity contribution in [3.05, 3.63) is 47.7 Å². The average Bonchev–Trinajstić information content (AvgIpc) is 3.54. The summed E-state index contributed by atoms with van der Waals surface area (Å²) in [5.41, 5.74) is -0.909. The first-order valence-corrected chi connectivity index (χ1v) is 11.6. The van der Waals surface area contributed by atoms with Crippen molar-refractivity contribution in [2.24, 2.45) is 11.8 Å². The van der Waals surface area contributed by atoms with Crippen LogP contribution in [0.3, 0.4) is 0 Å². The molecular weight excluding hydrogens is 445 g/mol. The largest absolute Gasteiger partial charge is 0.433 e. The van der Waals surface area contributed by atoms with Gasteiger partial charge >= 0.3 is 6.18 Å². The molecule has 2 aromatic heterocycles. The molecule has 4 rings (SSSR count). The lowest BCUT2D eigenvalue weighted by atomic mass is 9.95. The molecule has 0 bridgehead atoms. The molecule has 7 nitrogen and oxygen atoms in total. The number of rotatable bonds is 6. The van der Waals surface area contributed by atoms with Crippen LogP contribution in [0.25, 0.3) is 0 Å². The van der Waals surface area contributed by atoms with E-state index in [4.69, 9.17) is 0 Å². The van der Waals surface area contributed by atoms with E-state index in [0.29, 0.717) is 42.9 Å². The highest BCUT2D eigenvalue weighted by molar-refractivity contribution is 5.93. The summed E-state index contributed by atoms with van der Waals surface area (Å²) >= 11 is 0. The van der Waals surface area contributed by atoms with Gasteiger partial charge in [-0.15, -0.1) is 0 Å². The van der Waals surface area contributed by atoms with Crippen molar-refractivity contribution in [2.75, 3.05) is 44.2 Å². The van der Waals surface area contributed by atoms with Gasteiger partial charge in [-0.1, -0.05) is 20.8 Å². The Labute approximate surface area is 197 Å². The Morgan fingerprint density at radius 3 is 2.47 bits per heavy atom. The van der Waals surface area contributed by atoms with E-state index >= 15 is 0 Å². The van der Waals surface area contributed by atoms with Gasteiger partial charge in [-0.25, -0.2) is 9.97 Å². The van der Waals surface area contributed by atoms with Gasteiger partial charge in [-0.2, -0.15) is 13.2 Å². The molecule has 1 aliphatic heterocycles. The monoisotopic (exact) mass is 476 g/mol. The first kappa shape index (κ1) is 24.4. The Kier molecular flexibility index (Phi) is 6.80. The minimum absolute atomic E-state index is 0.106. The number of hydrogen-bond donors (Lipinski definition) is 1. The van der Waals surface area contributed by atoms with Gasteiger partial charge in [0.15, 0.2) is 0 Å². The number of amides is 1. The molecule has 34 heavy (non-hydrogen) atoms. The van der Waals surface area contributed by atoms with Crippen LogP contribution in [0.2, 0.25) is 0 Å². The molecular formula is C24H31F3N6O. The van der Waals surface area contributed by atoms with Crippen molar-refractivity contribution in [1.82, 2.24) is 25.2 Å². The first-order valence-electron chi connectivity index (χ1n) is 11.6. The molecule has 0 spiro atoms. The van der Waals surface area contributed by atoms with Crippen LogP contribution in [0.15, 0.2) is 30.6 Å². The Balaban J connectivity index is 1.28. The van der Waals surface area contributed by atoms with Gasteiger partial charge in [0.25, 0.3) is 5.91 Å². The molecule has 2 atom stereocenters. The van der Waals surface area contributed by atoms with Crippen molar-refractivity contribution in [2.45, 2.75) is 38.8 Å². The normalized spacial score (nSPS) is 21.4. The van der Waals surface area contributed by atoms with Crippen molar-refractivity contribution >= 4 is 11.7 Å². The summed E-state index contributed by atoms with van der Waals surface area (Å²) in [7, 11) is 0. The second kappa shape index (κ2) is 9.48. The van der Waals surface area contributed by atoms with Crippen LogP contribution in [0, 0.1) is 11.8 Å². The fourth-order valence-electron chi connectivity index (χ4n) is 4.18. The Bertz CT molecular complexity index is 968. The van der Waals surface area contributed by atoms with Gasteiger partial charge in [0.05, 0.1) is 5.56 Å². The number of alkyl halides is 3. The molecule has 1 saturated carbocycles. The van der Waals surface area contributed by atoms with E-state index in [1.165, 1.54) is 0 Å². The summed E-state index contributed by atoms with van der Waals surface area (Å²) in [6.07, 6.45) is -0.244. The number of nitrogens with one attached hydrogen (secondary N) is 1. The quantitative estimate of drug-likeness (QED) is 0.689. The van der Waals surface area contributed by atoms with Crippen molar-refractivity contribution in [3.63, 3.8) is 0 Å². The van der Waals surface area contributed by atoms with Crippen LogP contribution in [0.1, 0.15) is 49.1 Å². The van der Waals surface area contributed by atoms with Crippen LogP contribution in [-0.2, 0) is 11.6 Å². The lowest BCUT2D eigenvalue weighted by Crippen LogP contribution is -2.47. The third kappa shape index (κ3) is 6.02. The minimum atomic E-state index is -4.51. The molecule has 0 aromatic carbocycles. The molecule has 2 fully saturated rings. The molecule has 3 heterocycles. The van der Waals surface area contributed by atoms with Crippen molar-refractivity contribution in [3.8, 4) is 0 Å². The van der Waals surface area contributed by atoms with Crippen molar-refractivity contribution in [1.29, 1.82) is 0 Å². The summed E-state index contributed by atoms with van der Waals surface area (Å²) in [5.74, 6) is 1.43. The van der Waals surface area contributed by atoms with Gasteiger partial charge in [-0.3, -0.25) is 14.7 Å². The summed E-state index contributed by atoms with van der Waals surface area (Å²) < 4.78 is 40.2. The second-order valence-electron chi connectivity index (χ2n) is 10.2. The Morgan fingerprint density at radius 1 is 1.12 bits per heavy atom. The number of pyridine rings is 1. The van der Waals surface area contributed by atoms with Crippen molar-refractivity contribution < 1.29 is 18.0 Å². The van der Waals surface area contributed by atoms with Crippen LogP contribution in [0.5, 0.6) is 0 Å². The Morgan fingerprint density at radius 2 is 1.85 bits per heavy atom. The number of hydrogen-bond acceptors (Lipinski definition) is 6. The highest BCUT2D eigenvalue weighted by Crippen LogP contribution is 2.39. The van der Waals surface area contributed by atoms with Crippen LogP contribution >= 0.6 is 0 Å². The van der Waals surface area contributed by atoms with E-state index in [1.54, 1.807) is 24.5 Å². The third-order valence-electron chi connectivity index (χ3n) is 6.38. The van der Waals surface area contributed by atoms with E-state index in [1.807, 2.05) is 25.7 Å². The standard InChI is InChI=1S/C24H31F3N6O/c1-23(2,3)22-30-19(24(25,26)27)12-20(31-22)33-9-7-32(8-10-33)15-18-11-17(18)14-29-21(34)16-5-4-6-28-13-16/h4-6,12-13,17-18H,7-11,14-15H2,1-3H3,(H,29,34). The van der Waals surface area contributed by atoms with Crippen LogP contribution in [-0.4, -0.2) is 65.0 Å². The molecule has 184 valence electrons. The number of piperazine rings is 1. The zero-order chi connectivity index (χ0) is 24.5. The van der Waals surface area contributed by atoms with Gasteiger partial charge in [0.2, 0.25) is 0 Å². The van der Waals surface area contributed by atoms with E-state index in [2.05, 4.69) is 25.2 Å². The Hall–Kier alpha value is -2.75. The predicted molar refractivity (Wildman–Crippen MR) is 123 cm³/mol. The molecule has 2 aliphatic rings. The van der Waals surface area contributed by atoms with E-state index in [0.717, 1.165) is 32.1 Å². The zero-order valence-electron chi connectivity index (χ0n) is 19.8. The second-order valence-corrected chi connectivity index (χ2v) is 10.2. The van der Waals surface area contributed by atoms with E-state index < -0.39 is 17.3 Å². The summed E-state index contributed by atoms with van der Waals surface area (Å²) in [6.45, 7) is 9.80. The van der Waals surface area contributed by atoms with Crippen LogP contribution in [0.4, 0.5) is 19.0 Å². The maximum atomic E-state index is 13.4. The fourth-order valence-corrected chi connectivity index (χ4v) is 4.18. The number of carbonyl (C=O) groups excluding carboxylic acids is 1. The van der Waals surface area contributed by atoms with Gasteiger partial charge in [0.1, 0.15) is 17.3 Å². The lowest BCUT2D eigenvalue weighted by molar-refractivity contribution is -0.141. The van der Waals surface area contributed by atoms with E-state index in [9.17, 15) is 18.0 Å². The fraction of sp³-hybridized carbons (Fsp3) is 0.583. The maximum absolute atomic E-state index is 13.4. The summed E-state index contributed by atoms with van der Waals surface area (Å²) in [5, 5.41) is 2.98. The van der Waals surface area contributed by atoms with Gasteiger partial charge in [0, 0.05) is 63.1 Å². The molecule has 1 amide bonds. The topological polar surface area (TPSA) is 74.2 Å². The predicted octanol–water partition coefficient (Wildman–Crippen LogP) is 3.38. The molecule has 2 aromatic rings. The summed E-state index contributed by atoms with van der Waals surface area (Å²) in [4.78, 5) is 28.7. The zero-order valence-corrected chi connectivity index (χ0v) is 19.8. The highest BCUT2D eigenvalue weighted by Gasteiger charge is 2.39. The molecule has 1 aliphatic carbocycles. The molecule has 0 radical (unpaired) electrons. The van der Waals surface area contributed by atoms with Gasteiger partial charge in [-0.05, 0) is 30.4 Å². The molecule has 2 unspecified atom stereocenters. The SMILES string of the molecule is CC(C)(C)c1nc(N2CCN(CC3CC3CNC(=O)c3cccnc3)CC2)cc(C(F)(F)F)n1. The average molecular weight is 477 g/mol. The smallest absolute Gasteiger partial charge is 0.354 e. The molecule has 1 saturated heterocycles. The number of anilines is 1. The lowest BCUT2D eigenvalue weighted by Gasteiger charge is -2.36. The summed E-state index contributed by atoms with van der Waals surface area (Å²) in [6, 6.07) is 4.54. The third-order valence-corrected chi connectivity index (χ3v) is 6.38. The molecule has 1 N–H and O–H groups in total. The first-order chi connectivity index (χ1) is 16.0. The van der Waals surface area contributed by atoms with Gasteiger partial charge < -0.3 is 10.2 Å². The highest BCUT2D eigenvalue weighted by atomic mass is 19.4. The number of halogens is 3. The van der Waals surface area contributed by atoms with Crippen LogP contribution < -0.4 is 10.2 Å². The number of carbonyl (C=O) groups is 1. The molecule has 10 heteroatoms. The minimum Gasteiger partial charge on any atom is -0.354 e. The maximum Gasteiger partial charge on any atom is 0.433 e. The number of nitrogens with zero attached hydrogens (tertiary/aromatic N) is 5. The van der Waals surface area contributed by atoms with E-state index in [-0.39, 0.29) is 11.7 Å². The number of aromatic nitrogens is 3.